The van der Waals surface area contributed by atoms with E-state index in [-0.39, 0.29) is 0 Å². The minimum absolute atomic E-state index is 0.866. The maximum Gasteiger partial charge on any atom is 0.116 e. The number of benzene rings is 2. The van der Waals surface area contributed by atoms with Crippen LogP contribution in [-0.2, 0) is 13.0 Å². The molecule has 0 saturated carbocycles. The number of nitrogens with one attached hydrogen (secondary N) is 1. The summed E-state index contributed by atoms with van der Waals surface area (Å²) in [5.41, 5.74) is 5.60. The minimum Gasteiger partial charge on any atom is -0.370 e. The van der Waals surface area contributed by atoms with Crippen molar-refractivity contribution >= 4 is 11.5 Å². The van der Waals surface area contributed by atoms with E-state index < -0.39 is 0 Å². The molecule has 106 valence electrons. The molecule has 1 N–H and O–H groups in total. The molecule has 0 bridgehead atoms. The first-order valence-electron chi connectivity index (χ1n) is 7.57. The van der Waals surface area contributed by atoms with E-state index in [9.17, 15) is 0 Å². The third-order valence-corrected chi connectivity index (χ3v) is 4.28. The molecule has 2 aromatic rings. The number of fused-ring (bicyclic) bond motifs is 2. The molecule has 0 spiro atoms. The fourth-order valence-electron chi connectivity index (χ4n) is 3.22. The second kappa shape index (κ2) is 5.24. The Hall–Kier alpha value is -2.29. The zero-order chi connectivity index (χ0) is 14.1. The van der Waals surface area contributed by atoms with Gasteiger partial charge in [0.05, 0.1) is 13.1 Å². The van der Waals surface area contributed by atoms with Crippen LogP contribution >= 0.6 is 0 Å². The zero-order valence-electron chi connectivity index (χ0n) is 12.0. The number of hydrogen-bond acceptors (Lipinski definition) is 3. The van der Waals surface area contributed by atoms with Crippen molar-refractivity contribution < 1.29 is 0 Å². The van der Waals surface area contributed by atoms with Gasteiger partial charge in [0.2, 0.25) is 0 Å². The van der Waals surface area contributed by atoms with Gasteiger partial charge in [-0.3, -0.25) is 4.99 Å². The minimum atomic E-state index is 0.866. The lowest BCUT2D eigenvalue weighted by Gasteiger charge is -2.25. The quantitative estimate of drug-likeness (QED) is 0.913. The van der Waals surface area contributed by atoms with Crippen LogP contribution in [0.2, 0.25) is 0 Å². The van der Waals surface area contributed by atoms with Gasteiger partial charge in [-0.25, -0.2) is 0 Å². The third-order valence-electron chi connectivity index (χ3n) is 4.28. The first-order chi connectivity index (χ1) is 10.4. The predicted molar refractivity (Wildman–Crippen MR) is 87.0 cm³/mol. The molecule has 2 aliphatic heterocycles. The van der Waals surface area contributed by atoms with E-state index in [1.165, 1.54) is 22.4 Å². The van der Waals surface area contributed by atoms with Gasteiger partial charge in [0, 0.05) is 18.8 Å². The van der Waals surface area contributed by atoms with E-state index >= 15 is 0 Å². The summed E-state index contributed by atoms with van der Waals surface area (Å²) in [5, 5.41) is 3.39. The summed E-state index contributed by atoms with van der Waals surface area (Å²) in [5.74, 6) is 1.11. The highest BCUT2D eigenvalue weighted by atomic mass is 15.2. The maximum atomic E-state index is 4.55. The van der Waals surface area contributed by atoms with E-state index in [1.807, 2.05) is 0 Å². The van der Waals surface area contributed by atoms with Crippen LogP contribution in [0, 0.1) is 0 Å². The van der Waals surface area contributed by atoms with Gasteiger partial charge in [-0.05, 0) is 29.2 Å². The summed E-state index contributed by atoms with van der Waals surface area (Å²) in [7, 11) is 0. The molecule has 0 atom stereocenters. The van der Waals surface area contributed by atoms with E-state index in [0.29, 0.717) is 0 Å². The Labute approximate surface area is 125 Å². The van der Waals surface area contributed by atoms with Crippen molar-refractivity contribution in [2.24, 2.45) is 4.99 Å². The Bertz CT molecular complexity index is 690. The second-order valence-corrected chi connectivity index (χ2v) is 5.69. The van der Waals surface area contributed by atoms with Gasteiger partial charge in [0.25, 0.3) is 0 Å². The molecule has 0 amide bonds. The number of rotatable bonds is 2. The molecule has 0 unspecified atom stereocenters. The van der Waals surface area contributed by atoms with Crippen molar-refractivity contribution in [3.8, 4) is 0 Å². The number of para-hydroxylation sites is 1. The van der Waals surface area contributed by atoms with Crippen LogP contribution in [0.5, 0.6) is 0 Å². The van der Waals surface area contributed by atoms with Gasteiger partial charge in [0.1, 0.15) is 5.84 Å². The monoisotopic (exact) mass is 277 g/mol. The lowest BCUT2D eigenvalue weighted by atomic mass is 10.0. The lowest BCUT2D eigenvalue weighted by molar-refractivity contribution is 0.868. The van der Waals surface area contributed by atoms with Crippen LogP contribution in [0.25, 0.3) is 0 Å². The molecule has 3 nitrogen and oxygen atoms in total. The number of aliphatic imine (C=N–C) groups is 1. The Morgan fingerprint density at radius 2 is 1.71 bits per heavy atom. The Kier molecular flexibility index (Phi) is 3.11. The van der Waals surface area contributed by atoms with E-state index in [2.05, 4.69) is 63.7 Å². The highest BCUT2D eigenvalue weighted by Crippen LogP contribution is 2.30. The van der Waals surface area contributed by atoms with Gasteiger partial charge in [-0.2, -0.15) is 0 Å². The molecule has 4 rings (SSSR count). The molecule has 2 aromatic carbocycles. The van der Waals surface area contributed by atoms with Gasteiger partial charge < -0.3 is 10.2 Å². The van der Waals surface area contributed by atoms with Gasteiger partial charge in [-0.15, -0.1) is 0 Å². The molecule has 21 heavy (non-hydrogen) atoms. The van der Waals surface area contributed by atoms with Crippen LogP contribution in [0.4, 0.5) is 5.69 Å². The first kappa shape index (κ1) is 12.5. The number of nitrogens with zero attached hydrogens (tertiary/aromatic N) is 2. The highest BCUT2D eigenvalue weighted by Gasteiger charge is 2.20. The summed E-state index contributed by atoms with van der Waals surface area (Å²) in [4.78, 5) is 7.00. The molecule has 0 radical (unpaired) electrons. The molecule has 2 heterocycles. The Balaban J connectivity index is 1.74. The summed E-state index contributed by atoms with van der Waals surface area (Å²) < 4.78 is 0. The van der Waals surface area contributed by atoms with E-state index in [4.69, 9.17) is 0 Å². The van der Waals surface area contributed by atoms with Gasteiger partial charge >= 0.3 is 0 Å². The van der Waals surface area contributed by atoms with Crippen molar-refractivity contribution in [1.82, 2.24) is 5.32 Å². The molecular formula is C18H19N3. The van der Waals surface area contributed by atoms with Crippen LogP contribution in [-0.4, -0.2) is 25.5 Å². The van der Waals surface area contributed by atoms with Crippen molar-refractivity contribution in [2.45, 2.75) is 13.0 Å². The topological polar surface area (TPSA) is 27.6 Å². The second-order valence-electron chi connectivity index (χ2n) is 5.69. The van der Waals surface area contributed by atoms with Gasteiger partial charge in [0.15, 0.2) is 0 Å². The molecule has 2 aliphatic rings. The standard InChI is InChI=1S/C18H19N3/c1-2-7-16-12-21(13-18-19-9-10-20-18)17-8-4-3-6-15(17)11-14(16)5-1/h1-8H,9-13H2,(H,19,20). The summed E-state index contributed by atoms with van der Waals surface area (Å²) in [6.07, 6.45) is 1.02. The highest BCUT2D eigenvalue weighted by molar-refractivity contribution is 5.88. The molecule has 3 heteroatoms. The van der Waals surface area contributed by atoms with Gasteiger partial charge in [-0.1, -0.05) is 42.5 Å². The Morgan fingerprint density at radius 3 is 2.52 bits per heavy atom. The van der Waals surface area contributed by atoms with E-state index in [0.717, 1.165) is 38.4 Å². The van der Waals surface area contributed by atoms with Crippen LogP contribution in [0.3, 0.4) is 0 Å². The van der Waals surface area contributed by atoms with Crippen molar-refractivity contribution in [3.05, 3.63) is 65.2 Å². The average molecular weight is 277 g/mol. The summed E-state index contributed by atoms with van der Waals surface area (Å²) >= 11 is 0. The van der Waals surface area contributed by atoms with Crippen LogP contribution in [0.1, 0.15) is 16.7 Å². The summed E-state index contributed by atoms with van der Waals surface area (Å²) in [6.45, 7) is 3.70. The normalized spacial score (nSPS) is 16.6. The van der Waals surface area contributed by atoms with E-state index in [1.54, 1.807) is 0 Å². The van der Waals surface area contributed by atoms with Crippen molar-refractivity contribution in [3.63, 3.8) is 0 Å². The molecule has 0 fully saturated rings. The lowest BCUT2D eigenvalue weighted by Crippen LogP contribution is -2.35. The largest absolute Gasteiger partial charge is 0.370 e. The molecule has 0 saturated heterocycles. The zero-order valence-corrected chi connectivity index (χ0v) is 12.0. The maximum absolute atomic E-state index is 4.55. The number of anilines is 1. The Morgan fingerprint density at radius 1 is 0.952 bits per heavy atom. The fraction of sp³-hybridized carbons (Fsp3) is 0.278. The van der Waals surface area contributed by atoms with Crippen molar-refractivity contribution in [2.75, 3.05) is 24.5 Å². The predicted octanol–water partition coefficient (Wildman–Crippen LogP) is 2.60. The smallest absolute Gasteiger partial charge is 0.116 e. The molecule has 0 aromatic heterocycles. The summed E-state index contributed by atoms with van der Waals surface area (Å²) in [6, 6.07) is 17.5. The van der Waals surface area contributed by atoms with Crippen LogP contribution < -0.4 is 10.2 Å². The third kappa shape index (κ3) is 2.40. The number of amidine groups is 1. The average Bonchev–Trinajstić information content (AvgIpc) is 2.96. The van der Waals surface area contributed by atoms with Crippen LogP contribution in [0.15, 0.2) is 53.5 Å². The number of hydrogen-bond donors (Lipinski definition) is 1. The molecule has 0 aliphatic carbocycles. The first-order valence-corrected chi connectivity index (χ1v) is 7.57. The van der Waals surface area contributed by atoms with Crippen molar-refractivity contribution in [1.29, 1.82) is 0 Å². The SMILES string of the molecule is c1ccc2c(c1)Cc1ccccc1N(CC1=NCCN1)C2. The fourth-order valence-corrected chi connectivity index (χ4v) is 3.22. The molecular weight excluding hydrogens is 258 g/mol.